The summed E-state index contributed by atoms with van der Waals surface area (Å²) in [4.78, 5) is 12.5. The molecular formula is C16H14BrClN2O. The second-order valence-corrected chi connectivity index (χ2v) is 6.21. The molecule has 5 heteroatoms. The van der Waals surface area contributed by atoms with Crippen LogP contribution in [0.1, 0.15) is 22.3 Å². The summed E-state index contributed by atoms with van der Waals surface area (Å²) in [5, 5.41) is 6.87. The highest BCUT2D eigenvalue weighted by atomic mass is 79.9. The Hall–Kier alpha value is -1.52. The topological polar surface area (TPSA) is 41.1 Å². The van der Waals surface area contributed by atoms with E-state index in [1.54, 1.807) is 18.2 Å². The fraction of sp³-hybridized carbons (Fsp3) is 0.188. The number of rotatable bonds is 2. The number of anilines is 2. The number of nitrogens with one attached hydrogen (secondary N) is 2. The molecule has 0 atom stereocenters. The molecular weight excluding hydrogens is 352 g/mol. The van der Waals surface area contributed by atoms with Crippen LogP contribution in [0.3, 0.4) is 0 Å². The van der Waals surface area contributed by atoms with Crippen molar-refractivity contribution in [2.24, 2.45) is 0 Å². The predicted molar refractivity (Wildman–Crippen MR) is 90.4 cm³/mol. The van der Waals surface area contributed by atoms with Gasteiger partial charge in [0.1, 0.15) is 0 Å². The molecule has 0 saturated heterocycles. The van der Waals surface area contributed by atoms with Crippen LogP contribution in [0.2, 0.25) is 5.02 Å². The van der Waals surface area contributed by atoms with E-state index in [9.17, 15) is 4.79 Å². The minimum atomic E-state index is -0.0928. The number of hydrogen-bond donors (Lipinski definition) is 2. The average Bonchev–Trinajstić information content (AvgIpc) is 2.50. The van der Waals surface area contributed by atoms with Crippen molar-refractivity contribution in [2.45, 2.75) is 12.8 Å². The Morgan fingerprint density at radius 2 is 2.14 bits per heavy atom. The summed E-state index contributed by atoms with van der Waals surface area (Å²) in [6, 6.07) is 11.1. The van der Waals surface area contributed by atoms with Crippen LogP contribution in [-0.4, -0.2) is 12.5 Å². The smallest absolute Gasteiger partial charge is 0.256 e. The molecule has 2 aromatic rings. The second kappa shape index (κ2) is 6.08. The summed E-state index contributed by atoms with van der Waals surface area (Å²) in [6.45, 7) is 0.961. The molecule has 3 rings (SSSR count). The number of carbonyl (C=O) groups excluding carboxylic acids is 1. The second-order valence-electron chi connectivity index (χ2n) is 4.95. The van der Waals surface area contributed by atoms with Gasteiger partial charge in [-0.1, -0.05) is 17.7 Å². The zero-order valence-electron chi connectivity index (χ0n) is 11.2. The molecule has 21 heavy (non-hydrogen) atoms. The zero-order valence-corrected chi connectivity index (χ0v) is 13.6. The van der Waals surface area contributed by atoms with E-state index in [0.29, 0.717) is 5.02 Å². The van der Waals surface area contributed by atoms with Crippen LogP contribution in [0.15, 0.2) is 40.9 Å². The van der Waals surface area contributed by atoms with Gasteiger partial charge in [-0.3, -0.25) is 4.79 Å². The van der Waals surface area contributed by atoms with Gasteiger partial charge in [0.05, 0.1) is 5.02 Å². The summed E-state index contributed by atoms with van der Waals surface area (Å²) >= 11 is 9.32. The highest BCUT2D eigenvalue weighted by molar-refractivity contribution is 9.10. The number of halogens is 2. The third kappa shape index (κ3) is 3.06. The number of benzene rings is 2. The molecule has 0 aromatic heterocycles. The molecule has 0 saturated carbocycles. The van der Waals surface area contributed by atoms with Crippen molar-refractivity contribution < 1.29 is 4.79 Å². The van der Waals surface area contributed by atoms with Crippen LogP contribution in [0.25, 0.3) is 0 Å². The van der Waals surface area contributed by atoms with Gasteiger partial charge in [-0.15, -0.1) is 0 Å². The van der Waals surface area contributed by atoms with E-state index in [4.69, 9.17) is 11.6 Å². The SMILES string of the molecule is O=C(Nc1ccc(Cl)c(Br)c1)c1cccc2c1CCCN2. The third-order valence-electron chi connectivity index (χ3n) is 3.52. The van der Waals surface area contributed by atoms with Crippen LogP contribution in [-0.2, 0) is 6.42 Å². The van der Waals surface area contributed by atoms with Crippen LogP contribution < -0.4 is 10.6 Å². The Kier molecular flexibility index (Phi) is 4.17. The van der Waals surface area contributed by atoms with Gasteiger partial charge in [-0.2, -0.15) is 0 Å². The highest BCUT2D eigenvalue weighted by Crippen LogP contribution is 2.28. The Morgan fingerprint density at radius 3 is 2.95 bits per heavy atom. The van der Waals surface area contributed by atoms with Gasteiger partial charge in [-0.05, 0) is 64.7 Å². The van der Waals surface area contributed by atoms with E-state index < -0.39 is 0 Å². The maximum atomic E-state index is 12.5. The van der Waals surface area contributed by atoms with E-state index in [2.05, 4.69) is 26.6 Å². The van der Waals surface area contributed by atoms with Gasteiger partial charge >= 0.3 is 0 Å². The largest absolute Gasteiger partial charge is 0.385 e. The van der Waals surface area contributed by atoms with Crippen LogP contribution in [0, 0.1) is 0 Å². The molecule has 2 aromatic carbocycles. The molecule has 1 heterocycles. The lowest BCUT2D eigenvalue weighted by molar-refractivity contribution is 0.102. The first-order valence-electron chi connectivity index (χ1n) is 6.77. The van der Waals surface area contributed by atoms with Crippen molar-refractivity contribution in [3.05, 3.63) is 57.0 Å². The van der Waals surface area contributed by atoms with E-state index in [0.717, 1.165) is 46.4 Å². The predicted octanol–water partition coefficient (Wildman–Crippen LogP) is 4.71. The first kappa shape index (κ1) is 14.4. The minimum Gasteiger partial charge on any atom is -0.385 e. The summed E-state index contributed by atoms with van der Waals surface area (Å²) in [6.07, 6.45) is 1.97. The molecule has 0 radical (unpaired) electrons. The summed E-state index contributed by atoms with van der Waals surface area (Å²) in [5.74, 6) is -0.0928. The van der Waals surface area contributed by atoms with Gasteiger partial charge in [0.2, 0.25) is 0 Å². The summed E-state index contributed by atoms with van der Waals surface area (Å²) < 4.78 is 0.763. The number of hydrogen-bond acceptors (Lipinski definition) is 2. The standard InChI is InChI=1S/C16H14BrClN2O/c17-13-9-10(6-7-14(13)18)20-16(21)12-3-1-5-15-11(12)4-2-8-19-15/h1,3,5-7,9,19H,2,4,8H2,(H,20,21). The molecule has 108 valence electrons. The Morgan fingerprint density at radius 1 is 1.29 bits per heavy atom. The van der Waals surface area contributed by atoms with Crippen molar-refractivity contribution in [3.63, 3.8) is 0 Å². The van der Waals surface area contributed by atoms with Gasteiger partial charge in [0.25, 0.3) is 5.91 Å². The van der Waals surface area contributed by atoms with E-state index in [1.807, 2.05) is 18.2 Å². The fourth-order valence-corrected chi connectivity index (χ4v) is 2.99. The molecule has 0 aliphatic carbocycles. The van der Waals surface area contributed by atoms with E-state index in [1.165, 1.54) is 0 Å². The Labute approximate surface area is 136 Å². The average molecular weight is 366 g/mol. The highest BCUT2D eigenvalue weighted by Gasteiger charge is 2.17. The quantitative estimate of drug-likeness (QED) is 0.809. The van der Waals surface area contributed by atoms with Crippen molar-refractivity contribution >= 4 is 44.8 Å². The number of carbonyl (C=O) groups is 1. The fourth-order valence-electron chi connectivity index (χ4n) is 2.50. The maximum Gasteiger partial charge on any atom is 0.256 e. The normalized spacial score (nSPS) is 13.2. The zero-order chi connectivity index (χ0) is 14.8. The van der Waals surface area contributed by atoms with Crippen LogP contribution in [0.5, 0.6) is 0 Å². The number of amides is 1. The molecule has 0 unspecified atom stereocenters. The molecule has 0 bridgehead atoms. The van der Waals surface area contributed by atoms with Crippen LogP contribution in [0.4, 0.5) is 11.4 Å². The monoisotopic (exact) mass is 364 g/mol. The maximum absolute atomic E-state index is 12.5. The lowest BCUT2D eigenvalue weighted by Crippen LogP contribution is -2.19. The molecule has 0 spiro atoms. The van der Waals surface area contributed by atoms with Crippen molar-refractivity contribution in [2.75, 3.05) is 17.2 Å². The summed E-state index contributed by atoms with van der Waals surface area (Å²) in [7, 11) is 0. The first-order valence-corrected chi connectivity index (χ1v) is 7.94. The molecule has 2 N–H and O–H groups in total. The van der Waals surface area contributed by atoms with Gasteiger partial charge < -0.3 is 10.6 Å². The Bertz CT molecular complexity index is 703. The van der Waals surface area contributed by atoms with Crippen LogP contribution >= 0.6 is 27.5 Å². The van der Waals surface area contributed by atoms with Gasteiger partial charge in [0.15, 0.2) is 0 Å². The van der Waals surface area contributed by atoms with Crippen molar-refractivity contribution in [1.29, 1.82) is 0 Å². The molecule has 1 aliphatic rings. The van der Waals surface area contributed by atoms with E-state index in [-0.39, 0.29) is 5.91 Å². The van der Waals surface area contributed by atoms with Gasteiger partial charge in [0, 0.05) is 28.0 Å². The molecule has 1 aliphatic heterocycles. The lowest BCUT2D eigenvalue weighted by Gasteiger charge is -2.20. The van der Waals surface area contributed by atoms with Crippen molar-refractivity contribution in [3.8, 4) is 0 Å². The summed E-state index contributed by atoms with van der Waals surface area (Å²) in [5.41, 5.74) is 3.60. The molecule has 1 amide bonds. The van der Waals surface area contributed by atoms with Gasteiger partial charge in [-0.25, -0.2) is 0 Å². The minimum absolute atomic E-state index is 0.0928. The third-order valence-corrected chi connectivity index (χ3v) is 4.73. The van der Waals surface area contributed by atoms with E-state index >= 15 is 0 Å². The Balaban J connectivity index is 1.87. The van der Waals surface area contributed by atoms with Crippen molar-refractivity contribution in [1.82, 2.24) is 0 Å². The number of fused-ring (bicyclic) bond motifs is 1. The lowest BCUT2D eigenvalue weighted by atomic mass is 9.97. The molecule has 3 nitrogen and oxygen atoms in total. The molecule has 0 fully saturated rings. The first-order chi connectivity index (χ1) is 10.1.